The van der Waals surface area contributed by atoms with Gasteiger partial charge >= 0.3 is 11.9 Å². The molecule has 0 fully saturated rings. The van der Waals surface area contributed by atoms with Gasteiger partial charge in [-0.15, -0.1) is 0 Å². The Morgan fingerprint density at radius 1 is 1.11 bits per heavy atom. The Morgan fingerprint density at radius 3 is 2.22 bits per heavy atom. The molecule has 1 aromatic carbocycles. The van der Waals surface area contributed by atoms with Gasteiger partial charge in [0.1, 0.15) is 11.3 Å². The highest BCUT2D eigenvalue weighted by atomic mass is 16.6. The first-order valence-corrected chi connectivity index (χ1v) is 5.75. The molecule has 0 aliphatic heterocycles. The molecule has 0 aromatic heterocycles. The van der Waals surface area contributed by atoms with E-state index >= 15 is 0 Å². The standard InChI is InChI=1S/C14H16O4/c1-4-11-6-8-12(9-7-11)18-14(16)10(3)13(15)17-5-2/h6-9H,3-5H2,1-2H3. The average Bonchev–Trinajstić information content (AvgIpc) is 2.39. The molecule has 0 aliphatic rings. The van der Waals surface area contributed by atoms with Crippen LogP contribution in [0.25, 0.3) is 0 Å². The summed E-state index contributed by atoms with van der Waals surface area (Å²) in [5.74, 6) is -1.17. The van der Waals surface area contributed by atoms with E-state index < -0.39 is 11.9 Å². The maximum Gasteiger partial charge on any atom is 0.350 e. The molecular formula is C14H16O4. The molecule has 1 aromatic rings. The number of carbonyl (C=O) groups excluding carboxylic acids is 2. The SMILES string of the molecule is C=C(C(=O)OCC)C(=O)Oc1ccc(CC)cc1. The fourth-order valence-corrected chi connectivity index (χ4v) is 1.26. The lowest BCUT2D eigenvalue weighted by Gasteiger charge is -2.06. The van der Waals surface area contributed by atoms with Crippen LogP contribution >= 0.6 is 0 Å². The highest BCUT2D eigenvalue weighted by Gasteiger charge is 2.18. The third-order valence-electron chi connectivity index (χ3n) is 2.31. The van der Waals surface area contributed by atoms with E-state index in [4.69, 9.17) is 4.74 Å². The molecule has 4 heteroatoms. The number of ether oxygens (including phenoxy) is 2. The molecule has 18 heavy (non-hydrogen) atoms. The van der Waals surface area contributed by atoms with Crippen LogP contribution in [0.15, 0.2) is 36.4 Å². The lowest BCUT2D eigenvalue weighted by atomic mass is 10.2. The summed E-state index contributed by atoms with van der Waals surface area (Å²) in [4.78, 5) is 22.8. The molecule has 96 valence electrons. The number of carbonyl (C=O) groups is 2. The second kappa shape index (κ2) is 6.59. The van der Waals surface area contributed by atoms with Gasteiger partial charge in [-0.3, -0.25) is 0 Å². The zero-order valence-electron chi connectivity index (χ0n) is 10.6. The summed E-state index contributed by atoms with van der Waals surface area (Å²) in [6.07, 6.45) is 0.907. The van der Waals surface area contributed by atoms with Crippen LogP contribution < -0.4 is 4.74 Å². The Morgan fingerprint density at radius 2 is 1.72 bits per heavy atom. The normalized spacial score (nSPS) is 9.67. The van der Waals surface area contributed by atoms with Crippen LogP contribution in [-0.2, 0) is 20.7 Å². The van der Waals surface area contributed by atoms with Crippen molar-refractivity contribution in [3.05, 3.63) is 42.0 Å². The molecule has 0 heterocycles. The molecule has 4 nitrogen and oxygen atoms in total. The van der Waals surface area contributed by atoms with Crippen molar-refractivity contribution in [1.82, 2.24) is 0 Å². The number of benzene rings is 1. The lowest BCUT2D eigenvalue weighted by Crippen LogP contribution is -2.19. The summed E-state index contributed by atoms with van der Waals surface area (Å²) >= 11 is 0. The van der Waals surface area contributed by atoms with Crippen molar-refractivity contribution in [2.45, 2.75) is 20.3 Å². The van der Waals surface area contributed by atoms with Gasteiger partial charge in [0.05, 0.1) is 6.61 Å². The first-order valence-electron chi connectivity index (χ1n) is 5.75. The minimum absolute atomic E-state index is 0.191. The highest BCUT2D eigenvalue weighted by Crippen LogP contribution is 2.14. The second-order valence-electron chi connectivity index (χ2n) is 3.59. The van der Waals surface area contributed by atoms with Crippen molar-refractivity contribution in [3.63, 3.8) is 0 Å². The highest BCUT2D eigenvalue weighted by molar-refractivity contribution is 6.14. The van der Waals surface area contributed by atoms with E-state index in [1.165, 1.54) is 0 Å². The quantitative estimate of drug-likeness (QED) is 0.264. The Kier molecular flexibility index (Phi) is 5.11. The van der Waals surface area contributed by atoms with E-state index in [2.05, 4.69) is 11.3 Å². The van der Waals surface area contributed by atoms with Crippen molar-refractivity contribution in [2.24, 2.45) is 0 Å². The number of hydrogen-bond acceptors (Lipinski definition) is 4. The predicted octanol–water partition coefficient (Wildman–Crippen LogP) is 2.27. The van der Waals surface area contributed by atoms with E-state index in [0.29, 0.717) is 5.75 Å². The van der Waals surface area contributed by atoms with Crippen LogP contribution in [0, 0.1) is 0 Å². The molecule has 0 atom stereocenters. The maximum absolute atomic E-state index is 11.6. The molecular weight excluding hydrogens is 232 g/mol. The average molecular weight is 248 g/mol. The zero-order chi connectivity index (χ0) is 13.5. The number of aryl methyl sites for hydroxylation is 1. The summed E-state index contributed by atoms with van der Waals surface area (Å²) in [7, 11) is 0. The van der Waals surface area contributed by atoms with E-state index in [0.717, 1.165) is 12.0 Å². The van der Waals surface area contributed by atoms with E-state index in [9.17, 15) is 9.59 Å². The summed E-state index contributed by atoms with van der Waals surface area (Å²) in [6, 6.07) is 7.07. The second-order valence-corrected chi connectivity index (χ2v) is 3.59. The molecule has 0 amide bonds. The molecule has 0 saturated heterocycles. The van der Waals surface area contributed by atoms with Crippen LogP contribution in [-0.4, -0.2) is 18.5 Å². The van der Waals surface area contributed by atoms with Gasteiger partial charge in [0.2, 0.25) is 0 Å². The third-order valence-corrected chi connectivity index (χ3v) is 2.31. The van der Waals surface area contributed by atoms with Gasteiger partial charge in [0, 0.05) is 0 Å². The van der Waals surface area contributed by atoms with Crippen LogP contribution in [0.3, 0.4) is 0 Å². The van der Waals surface area contributed by atoms with Gasteiger partial charge in [0.25, 0.3) is 0 Å². The topological polar surface area (TPSA) is 52.6 Å². The van der Waals surface area contributed by atoms with Gasteiger partial charge in [-0.1, -0.05) is 25.6 Å². The molecule has 0 N–H and O–H groups in total. The summed E-state index contributed by atoms with van der Waals surface area (Å²) in [5, 5.41) is 0. The monoisotopic (exact) mass is 248 g/mol. The van der Waals surface area contributed by atoms with E-state index in [1.807, 2.05) is 19.1 Å². The Hall–Kier alpha value is -2.10. The number of hydrogen-bond donors (Lipinski definition) is 0. The Bertz CT molecular complexity index is 445. The van der Waals surface area contributed by atoms with Crippen molar-refractivity contribution in [3.8, 4) is 5.75 Å². The minimum atomic E-state index is -0.794. The summed E-state index contributed by atoms with van der Waals surface area (Å²) in [5.41, 5.74) is 0.829. The smallest absolute Gasteiger partial charge is 0.350 e. The molecule has 1 rings (SSSR count). The molecule has 0 bridgehead atoms. The molecule has 0 saturated carbocycles. The van der Waals surface area contributed by atoms with Crippen molar-refractivity contribution < 1.29 is 19.1 Å². The maximum atomic E-state index is 11.6. The van der Waals surface area contributed by atoms with Crippen LogP contribution in [0.2, 0.25) is 0 Å². The van der Waals surface area contributed by atoms with Gasteiger partial charge in [-0.2, -0.15) is 0 Å². The van der Waals surface area contributed by atoms with Crippen molar-refractivity contribution in [2.75, 3.05) is 6.61 Å². The molecule has 0 radical (unpaired) electrons. The molecule has 0 unspecified atom stereocenters. The van der Waals surface area contributed by atoms with E-state index in [1.54, 1.807) is 19.1 Å². The van der Waals surface area contributed by atoms with E-state index in [-0.39, 0.29) is 12.2 Å². The molecule has 0 aliphatic carbocycles. The first kappa shape index (κ1) is 14.0. The van der Waals surface area contributed by atoms with Crippen LogP contribution in [0.5, 0.6) is 5.75 Å². The zero-order valence-corrected chi connectivity index (χ0v) is 10.6. The van der Waals surface area contributed by atoms with Crippen LogP contribution in [0.4, 0.5) is 0 Å². The lowest BCUT2D eigenvalue weighted by molar-refractivity contribution is -0.142. The predicted molar refractivity (Wildman–Crippen MR) is 67.2 cm³/mol. The Balaban J connectivity index is 2.63. The van der Waals surface area contributed by atoms with Gasteiger partial charge in [-0.25, -0.2) is 9.59 Å². The molecule has 0 spiro atoms. The first-order chi connectivity index (χ1) is 8.58. The minimum Gasteiger partial charge on any atom is -0.462 e. The number of esters is 2. The number of rotatable bonds is 5. The van der Waals surface area contributed by atoms with Gasteiger partial charge in [-0.05, 0) is 31.0 Å². The van der Waals surface area contributed by atoms with Crippen LogP contribution in [0.1, 0.15) is 19.4 Å². The largest absolute Gasteiger partial charge is 0.462 e. The fourth-order valence-electron chi connectivity index (χ4n) is 1.26. The van der Waals surface area contributed by atoms with Crippen molar-refractivity contribution in [1.29, 1.82) is 0 Å². The summed E-state index contributed by atoms with van der Waals surface area (Å²) < 4.78 is 9.66. The van der Waals surface area contributed by atoms with Gasteiger partial charge in [0.15, 0.2) is 0 Å². The van der Waals surface area contributed by atoms with Gasteiger partial charge < -0.3 is 9.47 Å². The summed E-state index contributed by atoms with van der Waals surface area (Å²) in [6.45, 7) is 7.23. The fraction of sp³-hybridized carbons (Fsp3) is 0.286. The third kappa shape index (κ3) is 3.73. The Labute approximate surface area is 106 Å². The van der Waals surface area contributed by atoms with Crippen molar-refractivity contribution >= 4 is 11.9 Å².